The topological polar surface area (TPSA) is 49.8 Å². The molecule has 0 amide bonds. The SMILES string of the molecule is CCCCCCCCCCCCC#Cc1ccc(CN(CC(=O)OCC)Cc2ccc(C(F)(F)F)cc2O)cc1. The van der Waals surface area contributed by atoms with Crippen LogP contribution in [0, 0.1) is 11.8 Å². The minimum absolute atomic E-state index is 0.0608. The zero-order valence-corrected chi connectivity index (χ0v) is 24.0. The quantitative estimate of drug-likeness (QED) is 0.120. The first-order valence-corrected chi connectivity index (χ1v) is 14.6. The lowest BCUT2D eigenvalue weighted by Gasteiger charge is -2.22. The Hall–Kier alpha value is -2.98. The third-order valence-corrected chi connectivity index (χ3v) is 6.71. The van der Waals surface area contributed by atoms with Crippen molar-refractivity contribution in [1.29, 1.82) is 0 Å². The molecule has 0 radical (unpaired) electrons. The number of ether oxygens (including phenoxy) is 1. The van der Waals surface area contributed by atoms with E-state index in [0.29, 0.717) is 18.2 Å². The van der Waals surface area contributed by atoms with Crippen molar-refractivity contribution in [2.45, 2.75) is 104 Å². The summed E-state index contributed by atoms with van der Waals surface area (Å²) in [7, 11) is 0. The number of hydrogen-bond donors (Lipinski definition) is 1. The maximum Gasteiger partial charge on any atom is 0.416 e. The second-order valence-electron chi connectivity index (χ2n) is 10.2. The standard InChI is InChI=1S/C33H44F3NO3/c1-3-5-6-7-8-9-10-11-12-13-14-15-16-27-17-19-28(20-18-27)24-37(26-32(39)40-4-2)25-29-21-22-30(23-31(29)38)33(34,35)36/h17-23,38H,3-14,24-26H2,1-2H3. The van der Waals surface area contributed by atoms with E-state index in [-0.39, 0.29) is 19.7 Å². The predicted octanol–water partition coefficient (Wildman–Crippen LogP) is 8.64. The van der Waals surface area contributed by atoms with Crippen molar-refractivity contribution >= 4 is 5.97 Å². The molecule has 4 nitrogen and oxygen atoms in total. The van der Waals surface area contributed by atoms with Crippen LogP contribution < -0.4 is 0 Å². The fourth-order valence-electron chi connectivity index (χ4n) is 4.49. The van der Waals surface area contributed by atoms with Gasteiger partial charge in [-0.05, 0) is 43.2 Å². The van der Waals surface area contributed by atoms with E-state index in [4.69, 9.17) is 4.74 Å². The molecule has 1 N–H and O–H groups in total. The van der Waals surface area contributed by atoms with Crippen molar-refractivity contribution in [3.8, 4) is 17.6 Å². The fourth-order valence-corrected chi connectivity index (χ4v) is 4.49. The van der Waals surface area contributed by atoms with E-state index in [2.05, 4.69) is 18.8 Å². The van der Waals surface area contributed by atoms with Crippen LogP contribution in [0.1, 0.15) is 107 Å². The molecule has 0 aliphatic rings. The number of halogens is 3. The molecule has 0 aliphatic carbocycles. The number of carbonyl (C=O) groups is 1. The molecule has 0 saturated heterocycles. The summed E-state index contributed by atoms with van der Waals surface area (Å²) in [6.45, 7) is 4.56. The predicted molar refractivity (Wildman–Crippen MR) is 154 cm³/mol. The van der Waals surface area contributed by atoms with Crippen LogP contribution >= 0.6 is 0 Å². The third-order valence-electron chi connectivity index (χ3n) is 6.71. The molecule has 40 heavy (non-hydrogen) atoms. The molecular weight excluding hydrogens is 515 g/mol. The van der Waals surface area contributed by atoms with Crippen LogP contribution in [0.5, 0.6) is 5.75 Å². The smallest absolute Gasteiger partial charge is 0.416 e. The molecule has 7 heteroatoms. The van der Waals surface area contributed by atoms with Crippen molar-refractivity contribution in [1.82, 2.24) is 4.90 Å². The van der Waals surface area contributed by atoms with Crippen molar-refractivity contribution in [2.75, 3.05) is 13.2 Å². The molecule has 0 aliphatic heterocycles. The molecule has 2 aromatic carbocycles. The number of rotatable bonds is 17. The Morgan fingerprint density at radius 1 is 0.875 bits per heavy atom. The molecule has 0 spiro atoms. The second-order valence-corrected chi connectivity index (χ2v) is 10.2. The molecule has 0 saturated carbocycles. The van der Waals surface area contributed by atoms with E-state index in [9.17, 15) is 23.1 Å². The van der Waals surface area contributed by atoms with Crippen LogP contribution in [-0.4, -0.2) is 29.1 Å². The lowest BCUT2D eigenvalue weighted by atomic mass is 10.1. The summed E-state index contributed by atoms with van der Waals surface area (Å²) in [5, 5.41) is 10.2. The lowest BCUT2D eigenvalue weighted by molar-refractivity contribution is -0.144. The Bertz CT molecular complexity index is 1070. The van der Waals surface area contributed by atoms with E-state index in [1.807, 2.05) is 24.3 Å². The molecule has 0 atom stereocenters. The number of alkyl halides is 3. The van der Waals surface area contributed by atoms with E-state index >= 15 is 0 Å². The maximum absolute atomic E-state index is 13.0. The number of nitrogens with zero attached hydrogens (tertiary/aromatic N) is 1. The highest BCUT2D eigenvalue weighted by Crippen LogP contribution is 2.33. The van der Waals surface area contributed by atoms with E-state index in [1.165, 1.54) is 63.9 Å². The highest BCUT2D eigenvalue weighted by atomic mass is 19.4. The number of phenols is 1. The summed E-state index contributed by atoms with van der Waals surface area (Å²) in [5.41, 5.74) is 1.20. The lowest BCUT2D eigenvalue weighted by Crippen LogP contribution is -2.30. The van der Waals surface area contributed by atoms with Crippen molar-refractivity contribution < 1.29 is 27.8 Å². The molecule has 0 bridgehead atoms. The van der Waals surface area contributed by atoms with Crippen molar-refractivity contribution in [3.63, 3.8) is 0 Å². The zero-order valence-electron chi connectivity index (χ0n) is 24.0. The van der Waals surface area contributed by atoms with Gasteiger partial charge in [0.25, 0.3) is 0 Å². The van der Waals surface area contributed by atoms with E-state index < -0.39 is 23.5 Å². The molecule has 0 heterocycles. The van der Waals surface area contributed by atoms with Crippen LogP contribution in [0.15, 0.2) is 42.5 Å². The third kappa shape index (κ3) is 13.4. The van der Waals surface area contributed by atoms with Gasteiger partial charge in [0.15, 0.2) is 0 Å². The minimum atomic E-state index is -4.54. The summed E-state index contributed by atoms with van der Waals surface area (Å²) in [6, 6.07) is 10.6. The number of benzene rings is 2. The van der Waals surface area contributed by atoms with Gasteiger partial charge in [0.2, 0.25) is 0 Å². The average molecular weight is 560 g/mol. The average Bonchev–Trinajstić information content (AvgIpc) is 2.91. The largest absolute Gasteiger partial charge is 0.508 e. The molecule has 2 rings (SSSR count). The highest BCUT2D eigenvalue weighted by molar-refractivity contribution is 5.71. The first-order chi connectivity index (χ1) is 19.2. The number of aromatic hydroxyl groups is 1. The molecule has 0 aromatic heterocycles. The van der Waals surface area contributed by atoms with E-state index in [0.717, 1.165) is 30.0 Å². The van der Waals surface area contributed by atoms with Gasteiger partial charge < -0.3 is 9.84 Å². The van der Waals surface area contributed by atoms with E-state index in [1.54, 1.807) is 11.8 Å². The Kier molecular flexibility index (Phi) is 15.3. The normalized spacial score (nSPS) is 11.3. The number of carbonyl (C=O) groups excluding carboxylic acids is 1. The Labute approximate surface area is 237 Å². The van der Waals surface area contributed by atoms with Gasteiger partial charge >= 0.3 is 12.1 Å². The Morgan fingerprint density at radius 2 is 1.50 bits per heavy atom. The summed E-state index contributed by atoms with van der Waals surface area (Å²) in [6.07, 6.45) is 9.32. The van der Waals surface area contributed by atoms with Crippen LogP contribution in [0.25, 0.3) is 0 Å². The van der Waals surface area contributed by atoms with Gasteiger partial charge in [0.05, 0.1) is 18.7 Å². The number of esters is 1. The van der Waals surface area contributed by atoms with Gasteiger partial charge in [0.1, 0.15) is 5.75 Å². The summed E-state index contributed by atoms with van der Waals surface area (Å²) < 4.78 is 43.9. The number of phenolic OH excluding ortho intramolecular Hbond substituents is 1. The van der Waals surface area contributed by atoms with Gasteiger partial charge in [-0.2, -0.15) is 13.2 Å². The second kappa shape index (κ2) is 18.4. The monoisotopic (exact) mass is 559 g/mol. The maximum atomic E-state index is 13.0. The van der Waals surface area contributed by atoms with Gasteiger partial charge in [-0.25, -0.2) is 0 Å². The fraction of sp³-hybridized carbons (Fsp3) is 0.545. The van der Waals surface area contributed by atoms with Crippen LogP contribution in [-0.2, 0) is 28.8 Å². The summed E-state index contributed by atoms with van der Waals surface area (Å²) >= 11 is 0. The minimum Gasteiger partial charge on any atom is -0.508 e. The molecule has 220 valence electrons. The summed E-state index contributed by atoms with van der Waals surface area (Å²) in [5.74, 6) is 5.56. The Balaban J connectivity index is 1.86. The van der Waals surface area contributed by atoms with Crippen molar-refractivity contribution in [3.05, 3.63) is 64.7 Å². The first-order valence-electron chi connectivity index (χ1n) is 14.6. The van der Waals surface area contributed by atoms with Gasteiger partial charge in [0, 0.05) is 30.6 Å². The first kappa shape index (κ1) is 33.2. The zero-order chi connectivity index (χ0) is 29.2. The van der Waals surface area contributed by atoms with Gasteiger partial charge in [-0.3, -0.25) is 9.69 Å². The van der Waals surface area contributed by atoms with Gasteiger partial charge in [-0.15, -0.1) is 0 Å². The highest BCUT2D eigenvalue weighted by Gasteiger charge is 2.31. The number of unbranched alkanes of at least 4 members (excludes halogenated alkanes) is 10. The van der Waals surface area contributed by atoms with Gasteiger partial charge in [-0.1, -0.05) is 94.8 Å². The molecule has 0 unspecified atom stereocenters. The van der Waals surface area contributed by atoms with Crippen molar-refractivity contribution in [2.24, 2.45) is 0 Å². The Morgan fingerprint density at radius 3 is 2.08 bits per heavy atom. The van der Waals surface area contributed by atoms with Crippen LogP contribution in [0.4, 0.5) is 13.2 Å². The molecule has 0 fully saturated rings. The molecule has 2 aromatic rings. The number of hydrogen-bond acceptors (Lipinski definition) is 4. The van der Waals surface area contributed by atoms with Crippen LogP contribution in [0.3, 0.4) is 0 Å². The summed E-state index contributed by atoms with van der Waals surface area (Å²) in [4.78, 5) is 13.9. The molecular formula is C33H44F3NO3. The van der Waals surface area contributed by atoms with Crippen LogP contribution in [0.2, 0.25) is 0 Å².